The van der Waals surface area contributed by atoms with Gasteiger partial charge in [0, 0.05) is 24.3 Å². The van der Waals surface area contributed by atoms with Crippen LogP contribution in [0.5, 0.6) is 0 Å². The normalized spacial score (nSPS) is 14.1. The van der Waals surface area contributed by atoms with Gasteiger partial charge in [0.1, 0.15) is 5.82 Å². The molecule has 1 N–H and O–H groups in total. The van der Waals surface area contributed by atoms with Gasteiger partial charge in [-0.2, -0.15) is 0 Å². The largest absolute Gasteiger partial charge is 0.335 e. The number of carbonyl (C=O) groups excluding carboxylic acids is 1. The second-order valence-electron chi connectivity index (χ2n) is 7.23. The van der Waals surface area contributed by atoms with Gasteiger partial charge in [0.05, 0.1) is 4.90 Å². The van der Waals surface area contributed by atoms with E-state index in [0.717, 1.165) is 12.0 Å². The Labute approximate surface area is 180 Å². The summed E-state index contributed by atoms with van der Waals surface area (Å²) in [7, 11) is -3.84. The molecule has 5 nitrogen and oxygen atoms in total. The van der Waals surface area contributed by atoms with Crippen LogP contribution in [0.4, 0.5) is 10.1 Å². The fraction of sp³-hybridized carbons (Fsp3) is 0.125. The zero-order chi connectivity index (χ0) is 21.8. The molecule has 4 rings (SSSR count). The number of sulfonamides is 1. The molecule has 0 saturated heterocycles. The Balaban J connectivity index is 1.44. The summed E-state index contributed by atoms with van der Waals surface area (Å²) in [6, 6.07) is 20.9. The molecule has 1 heterocycles. The van der Waals surface area contributed by atoms with Crippen molar-refractivity contribution in [3.63, 3.8) is 0 Å². The molecule has 7 heteroatoms. The third-order valence-electron chi connectivity index (χ3n) is 5.15. The van der Waals surface area contributed by atoms with Crippen molar-refractivity contribution in [1.82, 2.24) is 4.90 Å². The molecule has 0 saturated carbocycles. The van der Waals surface area contributed by atoms with Crippen LogP contribution in [0.3, 0.4) is 0 Å². The predicted octanol–water partition coefficient (Wildman–Crippen LogP) is 4.56. The first-order valence-electron chi connectivity index (χ1n) is 9.84. The highest BCUT2D eigenvalue weighted by atomic mass is 32.2. The Morgan fingerprint density at radius 2 is 1.58 bits per heavy atom. The van der Waals surface area contributed by atoms with Crippen LogP contribution in [0.1, 0.15) is 22.3 Å². The maximum Gasteiger partial charge on any atom is 0.261 e. The fourth-order valence-corrected chi connectivity index (χ4v) is 4.52. The zero-order valence-electron chi connectivity index (χ0n) is 16.7. The maximum atomic E-state index is 13.0. The maximum absolute atomic E-state index is 13.0. The summed E-state index contributed by atoms with van der Waals surface area (Å²) < 4.78 is 40.5. The molecule has 0 spiro atoms. The van der Waals surface area contributed by atoms with Gasteiger partial charge < -0.3 is 4.90 Å². The molecule has 0 bridgehead atoms. The Bertz CT molecular complexity index is 1210. The average molecular weight is 437 g/mol. The lowest BCUT2D eigenvalue weighted by Crippen LogP contribution is -2.34. The van der Waals surface area contributed by atoms with Gasteiger partial charge in [0.15, 0.2) is 0 Å². The van der Waals surface area contributed by atoms with E-state index in [9.17, 15) is 17.6 Å². The van der Waals surface area contributed by atoms with Gasteiger partial charge >= 0.3 is 0 Å². The predicted molar refractivity (Wildman–Crippen MR) is 119 cm³/mol. The van der Waals surface area contributed by atoms with Crippen molar-refractivity contribution in [2.45, 2.75) is 11.3 Å². The molecule has 0 radical (unpaired) electrons. The highest BCUT2D eigenvalue weighted by Crippen LogP contribution is 2.23. The first kappa shape index (κ1) is 20.8. The molecule has 1 aliphatic heterocycles. The summed E-state index contributed by atoms with van der Waals surface area (Å²) in [6.45, 7) is 1.11. The molecule has 0 unspecified atom stereocenters. The minimum atomic E-state index is -3.84. The van der Waals surface area contributed by atoms with E-state index in [1.165, 1.54) is 54.1 Å². The molecule has 0 atom stereocenters. The fourth-order valence-electron chi connectivity index (χ4n) is 3.46. The van der Waals surface area contributed by atoms with Crippen molar-refractivity contribution in [2.24, 2.45) is 0 Å². The van der Waals surface area contributed by atoms with Crippen LogP contribution < -0.4 is 4.72 Å². The van der Waals surface area contributed by atoms with E-state index in [-0.39, 0.29) is 16.5 Å². The Morgan fingerprint density at radius 1 is 0.903 bits per heavy atom. The van der Waals surface area contributed by atoms with Crippen molar-refractivity contribution < 1.29 is 17.6 Å². The van der Waals surface area contributed by atoms with Gasteiger partial charge in [-0.15, -0.1) is 0 Å². The molecule has 158 valence electrons. The molecule has 3 aromatic rings. The number of hydrogen-bond acceptors (Lipinski definition) is 3. The van der Waals surface area contributed by atoms with Gasteiger partial charge in [0.25, 0.3) is 15.9 Å². The number of anilines is 1. The highest BCUT2D eigenvalue weighted by molar-refractivity contribution is 7.92. The number of hydrogen-bond donors (Lipinski definition) is 1. The summed E-state index contributed by atoms with van der Waals surface area (Å²) in [6.07, 6.45) is 2.83. The van der Waals surface area contributed by atoms with Crippen LogP contribution in [0.2, 0.25) is 0 Å². The Hall–Kier alpha value is -3.45. The minimum absolute atomic E-state index is 0.0262. The van der Waals surface area contributed by atoms with Crippen molar-refractivity contribution >= 4 is 27.2 Å². The highest BCUT2D eigenvalue weighted by Gasteiger charge is 2.21. The number of benzene rings is 3. The summed E-state index contributed by atoms with van der Waals surface area (Å²) in [5.74, 6) is -0.590. The second-order valence-corrected chi connectivity index (χ2v) is 8.92. The second kappa shape index (κ2) is 8.73. The van der Waals surface area contributed by atoms with E-state index in [2.05, 4.69) is 22.9 Å². The molecule has 1 amide bonds. The number of carbonyl (C=O) groups is 1. The van der Waals surface area contributed by atoms with Crippen molar-refractivity contribution in [2.75, 3.05) is 17.8 Å². The SMILES string of the molecule is O=C(c1ccc(S(=O)(=O)Nc2ccc(F)cc2)cc1)N1CC=C(c2ccccc2)CC1. The number of halogens is 1. The summed E-state index contributed by atoms with van der Waals surface area (Å²) in [5, 5.41) is 0. The average Bonchev–Trinajstić information content (AvgIpc) is 2.81. The molecular weight excluding hydrogens is 415 g/mol. The van der Waals surface area contributed by atoms with E-state index in [1.807, 2.05) is 18.2 Å². The summed E-state index contributed by atoms with van der Waals surface area (Å²) >= 11 is 0. The molecule has 0 fully saturated rings. The standard InChI is InChI=1S/C24H21FN2O3S/c25-21-8-10-22(11-9-21)26-31(29,30)23-12-6-20(7-13-23)24(28)27-16-14-19(15-17-27)18-4-2-1-3-5-18/h1-14,26H,15-17H2. The van der Waals surface area contributed by atoms with E-state index in [0.29, 0.717) is 18.7 Å². The van der Waals surface area contributed by atoms with Crippen LogP contribution in [0, 0.1) is 5.82 Å². The lowest BCUT2D eigenvalue weighted by molar-refractivity contribution is 0.0772. The monoisotopic (exact) mass is 436 g/mol. The summed E-state index contributed by atoms with van der Waals surface area (Å²) in [4.78, 5) is 14.6. The van der Waals surface area contributed by atoms with Crippen LogP contribution in [-0.2, 0) is 10.0 Å². The van der Waals surface area contributed by atoms with Gasteiger partial charge in [0.2, 0.25) is 0 Å². The van der Waals surface area contributed by atoms with E-state index >= 15 is 0 Å². The molecule has 3 aromatic carbocycles. The van der Waals surface area contributed by atoms with Crippen molar-refractivity contribution in [3.05, 3.63) is 102 Å². The first-order chi connectivity index (χ1) is 14.9. The van der Waals surface area contributed by atoms with E-state index in [4.69, 9.17) is 0 Å². The number of rotatable bonds is 5. The molecule has 1 aliphatic rings. The molecule has 31 heavy (non-hydrogen) atoms. The van der Waals surface area contributed by atoms with Crippen molar-refractivity contribution in [1.29, 1.82) is 0 Å². The van der Waals surface area contributed by atoms with Crippen molar-refractivity contribution in [3.8, 4) is 0 Å². The summed E-state index contributed by atoms with van der Waals surface area (Å²) in [5.41, 5.74) is 3.07. The topological polar surface area (TPSA) is 66.5 Å². The van der Waals surface area contributed by atoms with Crippen LogP contribution in [0.25, 0.3) is 5.57 Å². The number of nitrogens with one attached hydrogen (secondary N) is 1. The molecule has 0 aromatic heterocycles. The first-order valence-corrected chi connectivity index (χ1v) is 11.3. The third-order valence-corrected chi connectivity index (χ3v) is 6.55. The van der Waals surface area contributed by atoms with Crippen LogP contribution in [-0.4, -0.2) is 32.3 Å². The Kier molecular flexibility index (Phi) is 5.86. The smallest absolute Gasteiger partial charge is 0.261 e. The lowest BCUT2D eigenvalue weighted by Gasteiger charge is -2.27. The van der Waals surface area contributed by atoms with E-state index in [1.54, 1.807) is 4.90 Å². The zero-order valence-corrected chi connectivity index (χ0v) is 17.5. The van der Waals surface area contributed by atoms with Crippen LogP contribution >= 0.6 is 0 Å². The lowest BCUT2D eigenvalue weighted by atomic mass is 9.99. The molecule has 0 aliphatic carbocycles. The quantitative estimate of drug-likeness (QED) is 0.638. The Morgan fingerprint density at radius 3 is 2.19 bits per heavy atom. The van der Waals surface area contributed by atoms with Crippen LogP contribution in [0.15, 0.2) is 89.8 Å². The van der Waals surface area contributed by atoms with E-state index < -0.39 is 15.8 Å². The number of nitrogens with zero attached hydrogens (tertiary/aromatic N) is 1. The third kappa shape index (κ3) is 4.83. The minimum Gasteiger partial charge on any atom is -0.335 e. The van der Waals surface area contributed by atoms with Gasteiger partial charge in [-0.25, -0.2) is 12.8 Å². The molecular formula is C24H21FN2O3S. The number of amides is 1. The van der Waals surface area contributed by atoms with Gasteiger partial charge in [-0.05, 0) is 66.1 Å². The van der Waals surface area contributed by atoms with Gasteiger partial charge in [-0.1, -0.05) is 36.4 Å². The van der Waals surface area contributed by atoms with Gasteiger partial charge in [-0.3, -0.25) is 9.52 Å².